The van der Waals surface area contributed by atoms with Crippen molar-refractivity contribution in [2.45, 2.75) is 50.5 Å². The first-order valence-electron chi connectivity index (χ1n) is 7.91. The minimum Gasteiger partial charge on any atom is -0.436 e. The molecule has 0 fully saturated rings. The molecule has 0 aliphatic carbocycles. The van der Waals surface area contributed by atoms with Gasteiger partial charge < -0.3 is 10.1 Å². The van der Waals surface area contributed by atoms with Gasteiger partial charge in [0.15, 0.2) is 6.61 Å². The molecule has 0 bridgehead atoms. The van der Waals surface area contributed by atoms with Crippen LogP contribution in [0.15, 0.2) is 29.2 Å². The molecule has 0 aliphatic heterocycles. The number of alkyl carbamates (subject to hydrolysis) is 1. The lowest BCUT2D eigenvalue weighted by molar-refractivity contribution is 0.159. The summed E-state index contributed by atoms with van der Waals surface area (Å²) in [6.45, 7) is 2.45. The van der Waals surface area contributed by atoms with E-state index in [0.29, 0.717) is 0 Å². The molecular formula is C17H24N2O4S. The van der Waals surface area contributed by atoms with Crippen LogP contribution in [0.3, 0.4) is 0 Å². The van der Waals surface area contributed by atoms with Crippen molar-refractivity contribution < 1.29 is 17.9 Å². The fourth-order valence-electron chi connectivity index (χ4n) is 1.90. The summed E-state index contributed by atoms with van der Waals surface area (Å²) >= 11 is 0. The van der Waals surface area contributed by atoms with Gasteiger partial charge in [-0.1, -0.05) is 50.2 Å². The molecule has 3 N–H and O–H groups in total. The van der Waals surface area contributed by atoms with Crippen molar-refractivity contribution >= 4 is 16.1 Å². The lowest BCUT2D eigenvalue weighted by Gasteiger charge is -2.05. The first-order valence-corrected chi connectivity index (χ1v) is 9.46. The van der Waals surface area contributed by atoms with Gasteiger partial charge in [-0.3, -0.25) is 0 Å². The number of sulfonamides is 1. The van der Waals surface area contributed by atoms with E-state index in [9.17, 15) is 13.2 Å². The molecule has 0 aromatic heterocycles. The van der Waals surface area contributed by atoms with Crippen molar-refractivity contribution in [3.63, 3.8) is 0 Å². The molecule has 1 rings (SSSR count). The number of rotatable bonds is 8. The topological polar surface area (TPSA) is 98.5 Å². The number of carbonyl (C=O) groups is 1. The Morgan fingerprint density at radius 3 is 2.50 bits per heavy atom. The molecule has 0 heterocycles. The molecule has 132 valence electrons. The van der Waals surface area contributed by atoms with E-state index in [0.717, 1.165) is 18.4 Å². The number of carbonyl (C=O) groups excluding carboxylic acids is 1. The van der Waals surface area contributed by atoms with Crippen LogP contribution in [-0.4, -0.2) is 21.1 Å². The predicted octanol–water partition coefficient (Wildman–Crippen LogP) is 2.53. The Morgan fingerprint density at radius 1 is 1.17 bits per heavy atom. The highest BCUT2D eigenvalue weighted by molar-refractivity contribution is 7.89. The Morgan fingerprint density at radius 2 is 1.88 bits per heavy atom. The second kappa shape index (κ2) is 10.7. The monoisotopic (exact) mass is 352 g/mol. The van der Waals surface area contributed by atoms with Crippen LogP contribution in [0.4, 0.5) is 4.79 Å². The summed E-state index contributed by atoms with van der Waals surface area (Å²) < 4.78 is 27.2. The van der Waals surface area contributed by atoms with Crippen LogP contribution in [0.25, 0.3) is 0 Å². The summed E-state index contributed by atoms with van der Waals surface area (Å²) in [5, 5.41) is 7.58. The molecule has 0 spiro atoms. The minimum atomic E-state index is -3.70. The molecule has 6 nitrogen and oxygen atoms in total. The number of primary sulfonamides is 1. The molecule has 0 saturated heterocycles. The lowest BCUT2D eigenvalue weighted by atomic mass is 10.2. The molecule has 24 heavy (non-hydrogen) atoms. The Kier molecular flexibility index (Phi) is 8.90. The molecule has 0 unspecified atom stereocenters. The van der Waals surface area contributed by atoms with Gasteiger partial charge in [-0.15, -0.1) is 0 Å². The summed E-state index contributed by atoms with van der Waals surface area (Å²) in [5.74, 6) is 5.77. The zero-order chi connectivity index (χ0) is 17.8. The van der Waals surface area contributed by atoms with Gasteiger partial charge in [-0.2, -0.15) is 0 Å². The average Bonchev–Trinajstić information content (AvgIpc) is 2.55. The third kappa shape index (κ3) is 8.56. The fraction of sp³-hybridized carbons (Fsp3) is 0.471. The van der Waals surface area contributed by atoms with Gasteiger partial charge in [0.05, 0.1) is 4.90 Å². The van der Waals surface area contributed by atoms with Crippen LogP contribution in [-0.2, 0) is 21.3 Å². The zero-order valence-corrected chi connectivity index (χ0v) is 14.7. The largest absolute Gasteiger partial charge is 0.436 e. The van der Waals surface area contributed by atoms with E-state index in [4.69, 9.17) is 9.88 Å². The molecule has 0 radical (unpaired) electrons. The third-order valence-corrected chi connectivity index (χ3v) is 4.17. The Balaban J connectivity index is 2.23. The highest BCUT2D eigenvalue weighted by Crippen LogP contribution is 2.08. The number of nitrogens with one attached hydrogen (secondary N) is 1. The van der Waals surface area contributed by atoms with E-state index in [1.807, 2.05) is 0 Å². The molecule has 1 amide bonds. The first-order chi connectivity index (χ1) is 11.4. The normalized spacial score (nSPS) is 10.6. The van der Waals surface area contributed by atoms with Crippen LogP contribution in [0.2, 0.25) is 0 Å². The van der Waals surface area contributed by atoms with Crippen LogP contribution in [0.1, 0.15) is 44.6 Å². The second-order valence-electron chi connectivity index (χ2n) is 5.28. The van der Waals surface area contributed by atoms with E-state index in [1.165, 1.54) is 31.4 Å². The number of benzene rings is 1. The number of nitrogens with two attached hydrogens (primary N) is 1. The highest BCUT2D eigenvalue weighted by Gasteiger charge is 2.07. The molecule has 0 saturated carbocycles. The molecule has 0 atom stereocenters. The van der Waals surface area contributed by atoms with Gasteiger partial charge in [-0.05, 0) is 24.1 Å². The van der Waals surface area contributed by atoms with E-state index in [1.54, 1.807) is 12.1 Å². The van der Waals surface area contributed by atoms with Gasteiger partial charge in [0, 0.05) is 13.0 Å². The molecular weight excluding hydrogens is 328 g/mol. The summed E-state index contributed by atoms with van der Waals surface area (Å²) in [6, 6.07) is 5.94. The maximum Gasteiger partial charge on any atom is 0.408 e. The van der Waals surface area contributed by atoms with Crippen molar-refractivity contribution in [2.24, 2.45) is 5.14 Å². The van der Waals surface area contributed by atoms with Crippen molar-refractivity contribution in [3.8, 4) is 11.8 Å². The summed E-state index contributed by atoms with van der Waals surface area (Å²) in [5.41, 5.74) is 0.737. The highest BCUT2D eigenvalue weighted by atomic mass is 32.2. The van der Waals surface area contributed by atoms with E-state index >= 15 is 0 Å². The van der Waals surface area contributed by atoms with Gasteiger partial charge >= 0.3 is 6.09 Å². The Hall–Kier alpha value is -2.04. The standard InChI is InChI=1S/C17H24N2O4S/c1-2-3-4-5-6-7-8-13-23-17(20)19-14-15-9-11-16(12-10-15)24(18,21)22/h9-12H,2-6,13-14H2,1H3,(H,19,20)(H2,18,21,22). The Labute approximate surface area is 143 Å². The van der Waals surface area contributed by atoms with E-state index in [2.05, 4.69) is 24.1 Å². The van der Waals surface area contributed by atoms with Crippen molar-refractivity contribution in [2.75, 3.05) is 6.61 Å². The molecule has 1 aromatic rings. The van der Waals surface area contributed by atoms with Crippen molar-refractivity contribution in [3.05, 3.63) is 29.8 Å². The maximum atomic E-state index is 11.5. The summed E-state index contributed by atoms with van der Waals surface area (Å²) in [7, 11) is -3.70. The van der Waals surface area contributed by atoms with E-state index in [-0.39, 0.29) is 18.0 Å². The molecule has 7 heteroatoms. The smallest absolute Gasteiger partial charge is 0.408 e. The SMILES string of the molecule is CCCCCCC#CCOC(=O)NCc1ccc(S(N)(=O)=O)cc1. The average molecular weight is 352 g/mol. The number of hydrogen-bond acceptors (Lipinski definition) is 4. The summed E-state index contributed by atoms with van der Waals surface area (Å²) in [6.07, 6.45) is 4.92. The maximum absolute atomic E-state index is 11.5. The van der Waals surface area contributed by atoms with Crippen LogP contribution < -0.4 is 10.5 Å². The van der Waals surface area contributed by atoms with Crippen LogP contribution >= 0.6 is 0 Å². The third-order valence-electron chi connectivity index (χ3n) is 3.24. The van der Waals surface area contributed by atoms with Crippen LogP contribution in [0, 0.1) is 11.8 Å². The number of hydrogen-bond donors (Lipinski definition) is 2. The minimum absolute atomic E-state index is 0.0306. The van der Waals surface area contributed by atoms with Crippen molar-refractivity contribution in [1.82, 2.24) is 5.32 Å². The number of ether oxygens (including phenoxy) is 1. The van der Waals surface area contributed by atoms with Gasteiger partial charge in [0.1, 0.15) is 0 Å². The number of amides is 1. The molecule has 1 aromatic carbocycles. The van der Waals surface area contributed by atoms with Gasteiger partial charge in [0.25, 0.3) is 0 Å². The van der Waals surface area contributed by atoms with Crippen molar-refractivity contribution in [1.29, 1.82) is 0 Å². The van der Waals surface area contributed by atoms with E-state index < -0.39 is 16.1 Å². The van der Waals surface area contributed by atoms with Gasteiger partial charge in [0.2, 0.25) is 10.0 Å². The lowest BCUT2D eigenvalue weighted by Crippen LogP contribution is -2.24. The predicted molar refractivity (Wildman–Crippen MR) is 92.5 cm³/mol. The second-order valence-corrected chi connectivity index (χ2v) is 6.84. The van der Waals surface area contributed by atoms with Gasteiger partial charge in [-0.25, -0.2) is 18.4 Å². The Bertz CT molecular complexity index is 673. The first kappa shape index (κ1) is 20.0. The quantitative estimate of drug-likeness (QED) is 0.555. The summed E-state index contributed by atoms with van der Waals surface area (Å²) in [4.78, 5) is 11.5. The fourth-order valence-corrected chi connectivity index (χ4v) is 2.42. The zero-order valence-electron chi connectivity index (χ0n) is 13.9. The van der Waals surface area contributed by atoms with Crippen LogP contribution in [0.5, 0.6) is 0 Å². The molecule has 0 aliphatic rings. The number of unbranched alkanes of at least 4 members (excludes halogenated alkanes) is 4.